The quantitative estimate of drug-likeness (QED) is 0.256. The Bertz CT molecular complexity index is 262. The van der Waals surface area contributed by atoms with Crippen LogP contribution >= 0.6 is 0 Å². The molecule has 0 aliphatic rings. The van der Waals surface area contributed by atoms with Crippen LogP contribution in [0.15, 0.2) is 12.2 Å². The molecule has 0 rings (SSSR count). The molecule has 18 heavy (non-hydrogen) atoms. The van der Waals surface area contributed by atoms with E-state index in [0.717, 1.165) is 12.7 Å². The first-order valence-corrected chi connectivity index (χ1v) is 6.06. The molecule has 0 amide bonds. The lowest BCUT2D eigenvalue weighted by Crippen LogP contribution is -2.23. The van der Waals surface area contributed by atoms with E-state index in [1.807, 2.05) is 6.92 Å². The third kappa shape index (κ3) is 7.97. The van der Waals surface area contributed by atoms with Crippen LogP contribution in [0.3, 0.4) is 0 Å². The van der Waals surface area contributed by atoms with Crippen LogP contribution in [0.2, 0.25) is 0 Å². The molecule has 0 spiro atoms. The molecule has 0 bridgehead atoms. The van der Waals surface area contributed by atoms with Crippen LogP contribution in [0.1, 0.15) is 20.3 Å². The molecular weight excluding hydrogens is 236 g/mol. The van der Waals surface area contributed by atoms with E-state index in [9.17, 15) is 9.59 Å². The summed E-state index contributed by atoms with van der Waals surface area (Å²) < 4.78 is 15.0. The molecule has 0 aliphatic heterocycles. The topological polar surface area (TPSA) is 61.8 Å². The Hall–Kier alpha value is -1.20. The zero-order chi connectivity index (χ0) is 13.8. The van der Waals surface area contributed by atoms with Crippen molar-refractivity contribution in [3.8, 4) is 0 Å². The van der Waals surface area contributed by atoms with Gasteiger partial charge in [0.2, 0.25) is 0 Å². The Morgan fingerprint density at radius 2 is 2.06 bits per heavy atom. The van der Waals surface area contributed by atoms with Gasteiger partial charge in [-0.15, -0.1) is 0 Å². The molecule has 0 aliphatic carbocycles. The summed E-state index contributed by atoms with van der Waals surface area (Å²) in [5, 5.41) is 0. The molecular formula is C13H22O5. The van der Waals surface area contributed by atoms with Crippen molar-refractivity contribution in [3.05, 3.63) is 12.2 Å². The Morgan fingerprint density at radius 3 is 2.61 bits per heavy atom. The van der Waals surface area contributed by atoms with Crippen molar-refractivity contribution >= 4 is 12.3 Å². The van der Waals surface area contributed by atoms with Gasteiger partial charge in [-0.2, -0.15) is 0 Å². The number of carbonyl (C=O) groups excluding carboxylic acids is 2. The van der Waals surface area contributed by atoms with E-state index in [0.29, 0.717) is 19.8 Å². The van der Waals surface area contributed by atoms with Gasteiger partial charge in [-0.3, -0.25) is 0 Å². The number of hydrogen-bond acceptors (Lipinski definition) is 5. The van der Waals surface area contributed by atoms with Gasteiger partial charge in [-0.25, -0.2) is 4.79 Å². The maximum atomic E-state index is 11.1. The number of carbonyl (C=O) groups is 2. The highest BCUT2D eigenvalue weighted by Crippen LogP contribution is 2.08. The summed E-state index contributed by atoms with van der Waals surface area (Å²) >= 11 is 0. The Morgan fingerprint density at radius 1 is 1.33 bits per heavy atom. The largest absolute Gasteiger partial charge is 0.463 e. The molecule has 0 saturated heterocycles. The summed E-state index contributed by atoms with van der Waals surface area (Å²) in [6, 6.07) is 0. The maximum absolute atomic E-state index is 11.1. The number of aldehydes is 1. The molecule has 0 aromatic rings. The molecule has 0 radical (unpaired) electrons. The normalized spacial score (nSPS) is 14.4. The lowest BCUT2D eigenvalue weighted by molar-refractivity contribution is -0.137. The third-order valence-corrected chi connectivity index (χ3v) is 2.28. The molecule has 0 aromatic heterocycles. The molecule has 104 valence electrons. The predicted octanol–water partition coefficient (Wildman–Crippen LogP) is 1.36. The van der Waals surface area contributed by atoms with E-state index in [1.54, 1.807) is 20.1 Å². The average molecular weight is 258 g/mol. The van der Waals surface area contributed by atoms with Crippen LogP contribution in [0.25, 0.3) is 0 Å². The molecule has 5 heteroatoms. The fourth-order valence-corrected chi connectivity index (χ4v) is 1.27. The van der Waals surface area contributed by atoms with Crippen molar-refractivity contribution in [1.82, 2.24) is 0 Å². The van der Waals surface area contributed by atoms with Crippen LogP contribution in [0, 0.1) is 5.92 Å². The lowest BCUT2D eigenvalue weighted by Gasteiger charge is -2.16. The highest BCUT2D eigenvalue weighted by atomic mass is 16.5. The van der Waals surface area contributed by atoms with Gasteiger partial charge in [-0.1, -0.05) is 13.0 Å². The van der Waals surface area contributed by atoms with Gasteiger partial charge >= 0.3 is 5.97 Å². The van der Waals surface area contributed by atoms with Crippen molar-refractivity contribution in [1.29, 1.82) is 0 Å². The average Bonchev–Trinajstić information content (AvgIpc) is 2.36. The minimum absolute atomic E-state index is 0.172. The Kier molecular flexibility index (Phi) is 10.2. The van der Waals surface area contributed by atoms with E-state index in [2.05, 4.69) is 0 Å². The minimum Gasteiger partial charge on any atom is -0.463 e. The highest BCUT2D eigenvalue weighted by Gasteiger charge is 2.14. The fourth-order valence-electron chi connectivity index (χ4n) is 1.27. The molecule has 2 unspecified atom stereocenters. The third-order valence-electron chi connectivity index (χ3n) is 2.28. The monoisotopic (exact) mass is 258 g/mol. The van der Waals surface area contributed by atoms with Crippen LogP contribution in [-0.2, 0) is 23.8 Å². The molecule has 0 fully saturated rings. The standard InChI is InChI=1S/C13H22O5/c1-4-17-13(15)7-6-11(2)12(10-14)18-9-5-8-16-3/h6-7,10-12H,4-5,8-9H2,1-3H3/b7-6-. The summed E-state index contributed by atoms with van der Waals surface area (Å²) in [6.45, 7) is 4.93. The molecule has 0 heterocycles. The van der Waals surface area contributed by atoms with Crippen LogP contribution < -0.4 is 0 Å². The SMILES string of the molecule is CCOC(=O)/C=C\C(C)C(C=O)OCCCOC. The van der Waals surface area contributed by atoms with E-state index in [-0.39, 0.29) is 5.92 Å². The lowest BCUT2D eigenvalue weighted by atomic mass is 10.1. The van der Waals surface area contributed by atoms with Gasteiger partial charge < -0.3 is 19.0 Å². The van der Waals surface area contributed by atoms with Gasteiger partial charge in [0.25, 0.3) is 0 Å². The molecule has 5 nitrogen and oxygen atoms in total. The second-order valence-electron chi connectivity index (χ2n) is 3.79. The van der Waals surface area contributed by atoms with Crippen molar-refractivity contribution in [2.75, 3.05) is 26.9 Å². The van der Waals surface area contributed by atoms with Crippen LogP contribution in [0.5, 0.6) is 0 Å². The van der Waals surface area contributed by atoms with Gasteiger partial charge in [0.1, 0.15) is 12.4 Å². The van der Waals surface area contributed by atoms with Crippen molar-refractivity contribution in [3.63, 3.8) is 0 Å². The highest BCUT2D eigenvalue weighted by molar-refractivity contribution is 5.82. The first-order chi connectivity index (χ1) is 8.65. The van der Waals surface area contributed by atoms with Gasteiger partial charge in [0.05, 0.1) is 6.61 Å². The number of methoxy groups -OCH3 is 1. The second kappa shape index (κ2) is 10.9. The van der Waals surface area contributed by atoms with E-state index in [4.69, 9.17) is 14.2 Å². The number of rotatable bonds is 10. The minimum atomic E-state index is -0.549. The zero-order valence-electron chi connectivity index (χ0n) is 11.3. The Balaban J connectivity index is 4.05. The summed E-state index contributed by atoms with van der Waals surface area (Å²) in [6.07, 6.45) is 3.87. The van der Waals surface area contributed by atoms with Crippen LogP contribution in [0.4, 0.5) is 0 Å². The van der Waals surface area contributed by atoms with Gasteiger partial charge in [0.15, 0.2) is 0 Å². The summed E-state index contributed by atoms with van der Waals surface area (Å²) in [5.41, 5.74) is 0. The van der Waals surface area contributed by atoms with Crippen molar-refractivity contribution in [2.45, 2.75) is 26.4 Å². The Labute approximate surface area is 108 Å². The second-order valence-corrected chi connectivity index (χ2v) is 3.79. The number of ether oxygens (including phenoxy) is 3. The van der Waals surface area contributed by atoms with E-state index < -0.39 is 12.1 Å². The summed E-state index contributed by atoms with van der Waals surface area (Å²) in [7, 11) is 1.61. The number of esters is 1. The molecule has 0 N–H and O–H groups in total. The molecule has 0 saturated carbocycles. The van der Waals surface area contributed by atoms with E-state index >= 15 is 0 Å². The van der Waals surface area contributed by atoms with Gasteiger partial charge in [0, 0.05) is 32.3 Å². The summed E-state index contributed by atoms with van der Waals surface area (Å²) in [4.78, 5) is 22.0. The first kappa shape index (κ1) is 16.8. The van der Waals surface area contributed by atoms with E-state index in [1.165, 1.54) is 6.08 Å². The van der Waals surface area contributed by atoms with Crippen LogP contribution in [-0.4, -0.2) is 45.3 Å². The van der Waals surface area contributed by atoms with Gasteiger partial charge in [-0.05, 0) is 13.3 Å². The summed E-state index contributed by atoms with van der Waals surface area (Å²) in [5.74, 6) is -0.581. The molecule has 2 atom stereocenters. The van der Waals surface area contributed by atoms with Crippen molar-refractivity contribution < 1.29 is 23.8 Å². The predicted molar refractivity (Wildman–Crippen MR) is 67.2 cm³/mol. The van der Waals surface area contributed by atoms with Crippen molar-refractivity contribution in [2.24, 2.45) is 5.92 Å². The number of hydrogen-bond donors (Lipinski definition) is 0. The smallest absolute Gasteiger partial charge is 0.330 e. The maximum Gasteiger partial charge on any atom is 0.330 e. The fraction of sp³-hybridized carbons (Fsp3) is 0.692. The zero-order valence-corrected chi connectivity index (χ0v) is 11.3. The first-order valence-electron chi connectivity index (χ1n) is 6.06. The molecule has 0 aromatic carbocycles.